The molecule has 0 unspecified atom stereocenters. The number of nitrogens with one attached hydrogen (secondary N) is 1. The maximum absolute atomic E-state index is 12.9. The third-order valence-corrected chi connectivity index (χ3v) is 7.21. The van der Waals surface area contributed by atoms with E-state index in [-0.39, 0.29) is 52.6 Å². The summed E-state index contributed by atoms with van der Waals surface area (Å²) in [6, 6.07) is 1.21. The van der Waals surface area contributed by atoms with Crippen LogP contribution in [0, 0.1) is 17.8 Å². The van der Waals surface area contributed by atoms with Gasteiger partial charge in [0, 0.05) is 50.0 Å². The van der Waals surface area contributed by atoms with Crippen molar-refractivity contribution < 1.29 is 38.8 Å². The summed E-state index contributed by atoms with van der Waals surface area (Å²) < 4.78 is 17.2. The zero-order chi connectivity index (χ0) is 31.0. The summed E-state index contributed by atoms with van der Waals surface area (Å²) in [5.74, 6) is -2.63. The van der Waals surface area contributed by atoms with Crippen molar-refractivity contribution >= 4 is 29.2 Å². The molecule has 0 saturated heterocycles. The molecule has 1 aliphatic heterocycles. The minimum Gasteiger partial charge on any atom is -0.506 e. The van der Waals surface area contributed by atoms with Gasteiger partial charge in [0.1, 0.15) is 23.7 Å². The highest BCUT2D eigenvalue weighted by Crippen LogP contribution is 2.41. The Morgan fingerprint density at radius 3 is 2.27 bits per heavy atom. The van der Waals surface area contributed by atoms with Crippen molar-refractivity contribution in [2.75, 3.05) is 18.2 Å². The molecule has 0 fully saturated rings. The molecular weight excluding hydrogens is 528 g/mol. The molecule has 1 amide bonds. The topological polar surface area (TPSA) is 157 Å². The lowest BCUT2D eigenvalue weighted by Crippen LogP contribution is -2.38. The van der Waals surface area contributed by atoms with E-state index in [1.54, 1.807) is 19.1 Å². The van der Waals surface area contributed by atoms with Gasteiger partial charge < -0.3 is 35.5 Å². The maximum Gasteiger partial charge on any atom is 0.303 e. The van der Waals surface area contributed by atoms with Crippen molar-refractivity contribution in [3.05, 3.63) is 47.1 Å². The first-order valence-corrected chi connectivity index (χ1v) is 13.7. The van der Waals surface area contributed by atoms with Crippen LogP contribution in [0.25, 0.3) is 0 Å². The number of allylic oxidation sites excluding steroid dienone is 2. The lowest BCUT2D eigenvalue weighted by atomic mass is 9.87. The van der Waals surface area contributed by atoms with Gasteiger partial charge in [0.05, 0.1) is 17.5 Å². The van der Waals surface area contributed by atoms with Crippen LogP contribution in [-0.4, -0.2) is 53.5 Å². The Labute approximate surface area is 242 Å². The number of anilines is 2. The number of hydrogen-bond acceptors (Lipinski definition) is 9. The Hall–Kier alpha value is -3.79. The van der Waals surface area contributed by atoms with Crippen LogP contribution >= 0.6 is 0 Å². The first-order valence-electron chi connectivity index (χ1n) is 13.7. The molecule has 6 atom stereocenters. The molecule has 226 valence electrons. The lowest BCUT2D eigenvalue weighted by molar-refractivity contribution is -0.157. The quantitative estimate of drug-likeness (QED) is 0.131. The van der Waals surface area contributed by atoms with Crippen LogP contribution in [-0.2, 0) is 35.0 Å². The molecule has 0 aromatic heterocycles. The van der Waals surface area contributed by atoms with Crippen LogP contribution in [0.15, 0.2) is 41.5 Å². The molecule has 1 aromatic carbocycles. The van der Waals surface area contributed by atoms with Gasteiger partial charge in [-0.3, -0.25) is 14.4 Å². The van der Waals surface area contributed by atoms with Crippen molar-refractivity contribution in [1.82, 2.24) is 0 Å². The molecule has 1 heterocycles. The van der Waals surface area contributed by atoms with Crippen LogP contribution < -0.4 is 11.1 Å². The number of nitrogens with two attached hydrogens (primary N) is 1. The highest BCUT2D eigenvalue weighted by molar-refractivity contribution is 6.04. The Morgan fingerprint density at radius 2 is 1.68 bits per heavy atom. The fraction of sp³-hybridized carbons (Fsp3) is 0.516. The van der Waals surface area contributed by atoms with Crippen LogP contribution in [0.3, 0.4) is 0 Å². The molecule has 2 bridgehead atoms. The predicted molar refractivity (Wildman–Crippen MR) is 157 cm³/mol. The minimum atomic E-state index is -0.670. The van der Waals surface area contributed by atoms with Crippen molar-refractivity contribution in [1.29, 1.82) is 0 Å². The highest BCUT2D eigenvalue weighted by atomic mass is 16.6. The molecule has 2 rings (SSSR count). The van der Waals surface area contributed by atoms with Gasteiger partial charge in [-0.2, -0.15) is 0 Å². The fourth-order valence-electron chi connectivity index (χ4n) is 5.11. The molecule has 10 nitrogen and oxygen atoms in total. The van der Waals surface area contributed by atoms with Crippen LogP contribution in [0.4, 0.5) is 11.4 Å². The molecule has 1 aromatic rings. The third kappa shape index (κ3) is 9.11. The Morgan fingerprint density at radius 1 is 1.05 bits per heavy atom. The summed E-state index contributed by atoms with van der Waals surface area (Å²) in [7, 11) is 1.53. The van der Waals surface area contributed by atoms with E-state index in [1.165, 1.54) is 27.0 Å². The normalized spacial score (nSPS) is 29.7. The second-order valence-corrected chi connectivity index (χ2v) is 10.9. The number of nitrogen functional groups attached to an aromatic ring is 1. The molecule has 0 spiro atoms. The summed E-state index contributed by atoms with van der Waals surface area (Å²) in [6.45, 7) is 11.8. The summed E-state index contributed by atoms with van der Waals surface area (Å²) >= 11 is 0. The van der Waals surface area contributed by atoms with E-state index in [0.717, 1.165) is 5.57 Å². The predicted octanol–water partition coefficient (Wildman–Crippen LogP) is 4.80. The molecule has 0 aliphatic carbocycles. The monoisotopic (exact) mass is 572 g/mol. The van der Waals surface area contributed by atoms with Gasteiger partial charge in [0.15, 0.2) is 0 Å². The van der Waals surface area contributed by atoms with E-state index in [9.17, 15) is 24.6 Å². The molecule has 10 heteroatoms. The SMILES string of the molecule is CO[C@H]1C[C@H](C)Cc2c(N)c(O)cc(c2O)NC(=O)/C(C)=C/C=C\[C@H](C)[C@@H](OC(C)=O)/C(C)=C/[C@H](C)[C@H]1OC(C)=O. The average Bonchev–Trinajstić information content (AvgIpc) is 2.88. The molecule has 1 aliphatic rings. The maximum atomic E-state index is 12.9. The number of benzene rings is 1. The number of esters is 2. The summed E-state index contributed by atoms with van der Waals surface area (Å²) in [6.07, 6.45) is 5.87. The van der Waals surface area contributed by atoms with Crippen LogP contribution in [0.5, 0.6) is 11.5 Å². The van der Waals surface area contributed by atoms with Gasteiger partial charge in [-0.1, -0.05) is 45.1 Å². The number of aromatic hydroxyl groups is 2. The number of ether oxygens (including phenoxy) is 3. The van der Waals surface area contributed by atoms with Crippen molar-refractivity contribution in [2.45, 2.75) is 79.6 Å². The molecule has 0 saturated carbocycles. The second kappa shape index (κ2) is 14.7. The Balaban J connectivity index is 2.68. The molecular formula is C31H44N2O8. The number of amides is 1. The fourth-order valence-corrected chi connectivity index (χ4v) is 5.11. The molecule has 5 N–H and O–H groups in total. The average molecular weight is 573 g/mol. The summed E-state index contributed by atoms with van der Waals surface area (Å²) in [4.78, 5) is 37.0. The van der Waals surface area contributed by atoms with Gasteiger partial charge in [0.25, 0.3) is 5.91 Å². The van der Waals surface area contributed by atoms with Crippen molar-refractivity contribution in [3.63, 3.8) is 0 Å². The van der Waals surface area contributed by atoms with Gasteiger partial charge in [0.2, 0.25) is 0 Å². The molecule has 0 radical (unpaired) electrons. The number of methoxy groups -OCH3 is 1. The standard InChI is InChI=1S/C31H44N2O8/c1-16-12-23-27(32)25(36)15-24(28(23)37)33-31(38)18(3)11-9-10-17(2)29(40-21(6)34)19(4)14-20(5)30(41-22(7)35)26(13-16)39-8/h9-11,14-17,20,26,29-30,36-37H,12-13,32H2,1-8H3,(H,33,38)/b10-9-,18-11+,19-14+/t16-,17+,20+,26+,29-,30-/m1/s1. The van der Waals surface area contributed by atoms with E-state index >= 15 is 0 Å². The first kappa shape index (κ1) is 33.4. The number of phenols is 2. The van der Waals surface area contributed by atoms with Crippen LogP contribution in [0.1, 0.15) is 60.5 Å². The van der Waals surface area contributed by atoms with Gasteiger partial charge >= 0.3 is 11.9 Å². The lowest BCUT2D eigenvalue weighted by Gasteiger charge is -2.32. The van der Waals surface area contributed by atoms with E-state index < -0.39 is 36.2 Å². The number of carbonyl (C=O) groups excluding carboxylic acids is 3. The summed E-state index contributed by atoms with van der Waals surface area (Å²) in [5.41, 5.74) is 7.56. The number of rotatable bonds is 3. The number of phenolic OH excluding ortho intramolecular Hbond substituents is 2. The zero-order valence-electron chi connectivity index (χ0n) is 25.2. The third-order valence-electron chi connectivity index (χ3n) is 7.21. The number of fused-ring (bicyclic) bond motifs is 2. The highest BCUT2D eigenvalue weighted by Gasteiger charge is 2.32. The Bertz CT molecular complexity index is 1220. The molecule has 41 heavy (non-hydrogen) atoms. The van der Waals surface area contributed by atoms with Gasteiger partial charge in [-0.15, -0.1) is 0 Å². The van der Waals surface area contributed by atoms with Crippen molar-refractivity contribution in [2.24, 2.45) is 17.8 Å². The van der Waals surface area contributed by atoms with Gasteiger partial charge in [-0.05, 0) is 38.2 Å². The largest absolute Gasteiger partial charge is 0.506 e. The Kier molecular flexibility index (Phi) is 12.0. The second-order valence-electron chi connectivity index (χ2n) is 10.9. The first-order chi connectivity index (χ1) is 19.2. The zero-order valence-corrected chi connectivity index (χ0v) is 25.2. The number of carbonyl (C=O) groups is 3. The number of hydrogen-bond donors (Lipinski definition) is 4. The minimum absolute atomic E-state index is 0.0105. The van der Waals surface area contributed by atoms with E-state index in [2.05, 4.69) is 5.32 Å². The van der Waals surface area contributed by atoms with E-state index in [1.807, 2.05) is 39.8 Å². The van der Waals surface area contributed by atoms with Crippen LogP contribution in [0.2, 0.25) is 0 Å². The van der Waals surface area contributed by atoms with E-state index in [4.69, 9.17) is 19.9 Å². The van der Waals surface area contributed by atoms with Gasteiger partial charge in [-0.25, -0.2) is 0 Å². The summed E-state index contributed by atoms with van der Waals surface area (Å²) in [5, 5.41) is 24.1. The van der Waals surface area contributed by atoms with Crippen molar-refractivity contribution in [3.8, 4) is 11.5 Å². The van der Waals surface area contributed by atoms with E-state index in [0.29, 0.717) is 12.0 Å². The smallest absolute Gasteiger partial charge is 0.303 e.